The minimum absolute atomic E-state index is 0. The second-order valence-electron chi connectivity index (χ2n) is 4.21. The smallest absolute Gasteiger partial charge is 0.207 e. The molecule has 0 bridgehead atoms. The van der Waals surface area contributed by atoms with Crippen molar-refractivity contribution in [2.45, 2.75) is 25.3 Å². The van der Waals surface area contributed by atoms with E-state index >= 15 is 0 Å². The van der Waals surface area contributed by atoms with Gasteiger partial charge in [0.1, 0.15) is 0 Å². The van der Waals surface area contributed by atoms with Crippen LogP contribution in [0.2, 0.25) is 0 Å². The van der Waals surface area contributed by atoms with E-state index in [-0.39, 0.29) is 20.0 Å². The molecule has 2 aromatic carbocycles. The lowest BCUT2D eigenvalue weighted by molar-refractivity contribution is 0.357. The SMILES string of the molecule is CC.O=S(=O)(NCc1ccccc1)c1c(F)c(F)c(F)c(F)c1F.S. The summed E-state index contributed by atoms with van der Waals surface area (Å²) in [5.74, 6) is -11.9. The standard InChI is InChI=1S/C13H8F5NO2S.C2H6.H2S/c14-8-9(15)11(17)13(12(18)10(8)16)22(20,21)19-6-7-4-2-1-3-5-7;1-2;/h1-5,19H,6H2;1-2H3;1H2. The average molecular weight is 401 g/mol. The van der Waals surface area contributed by atoms with Gasteiger partial charge in [-0.1, -0.05) is 44.2 Å². The van der Waals surface area contributed by atoms with Crippen molar-refractivity contribution in [2.24, 2.45) is 0 Å². The summed E-state index contributed by atoms with van der Waals surface area (Å²) >= 11 is 0. The fourth-order valence-electron chi connectivity index (χ4n) is 1.67. The molecule has 0 saturated heterocycles. The summed E-state index contributed by atoms with van der Waals surface area (Å²) in [5.41, 5.74) is 0.440. The summed E-state index contributed by atoms with van der Waals surface area (Å²) in [5, 5.41) is 0. The number of hydrogen-bond acceptors (Lipinski definition) is 2. The number of halogens is 5. The van der Waals surface area contributed by atoms with E-state index in [1.807, 2.05) is 13.8 Å². The first-order valence-electron chi connectivity index (χ1n) is 6.80. The molecule has 1 N–H and O–H groups in total. The van der Waals surface area contributed by atoms with Crippen molar-refractivity contribution in [1.29, 1.82) is 0 Å². The van der Waals surface area contributed by atoms with Crippen LogP contribution in [0, 0.1) is 29.1 Å². The predicted molar refractivity (Wildman–Crippen MR) is 88.4 cm³/mol. The average Bonchev–Trinajstić information content (AvgIpc) is 2.59. The molecule has 0 fully saturated rings. The van der Waals surface area contributed by atoms with Gasteiger partial charge < -0.3 is 0 Å². The van der Waals surface area contributed by atoms with E-state index < -0.39 is 44.0 Å². The Morgan fingerprint density at radius 2 is 1.20 bits per heavy atom. The Bertz CT molecular complexity index is 785. The second-order valence-corrected chi connectivity index (χ2v) is 5.91. The van der Waals surface area contributed by atoms with Gasteiger partial charge >= 0.3 is 0 Å². The van der Waals surface area contributed by atoms with Gasteiger partial charge in [-0.3, -0.25) is 0 Å². The third kappa shape index (κ3) is 5.16. The molecule has 3 nitrogen and oxygen atoms in total. The zero-order chi connectivity index (χ0) is 18.5. The van der Waals surface area contributed by atoms with Crippen LogP contribution >= 0.6 is 13.5 Å². The van der Waals surface area contributed by atoms with Crippen LogP contribution in [0.15, 0.2) is 35.2 Å². The molecule has 0 amide bonds. The van der Waals surface area contributed by atoms with Crippen LogP contribution < -0.4 is 4.72 Å². The Morgan fingerprint density at radius 3 is 1.64 bits per heavy atom. The topological polar surface area (TPSA) is 46.2 Å². The van der Waals surface area contributed by atoms with Crippen LogP contribution in [-0.4, -0.2) is 8.42 Å². The Kier molecular flexibility index (Phi) is 9.09. The highest BCUT2D eigenvalue weighted by Crippen LogP contribution is 2.26. The molecule has 0 heterocycles. The zero-order valence-corrected chi connectivity index (χ0v) is 15.0. The van der Waals surface area contributed by atoms with Crippen molar-refractivity contribution in [2.75, 3.05) is 0 Å². The minimum Gasteiger partial charge on any atom is -0.207 e. The molecule has 10 heteroatoms. The number of nitrogens with one attached hydrogen (secondary N) is 1. The fraction of sp³-hybridized carbons (Fsp3) is 0.200. The van der Waals surface area contributed by atoms with E-state index in [1.165, 1.54) is 12.1 Å². The molecule has 0 unspecified atom stereocenters. The van der Waals surface area contributed by atoms with Crippen molar-refractivity contribution >= 4 is 23.5 Å². The third-order valence-electron chi connectivity index (χ3n) is 2.75. The Balaban J connectivity index is 0.00000185. The summed E-state index contributed by atoms with van der Waals surface area (Å²) in [4.78, 5) is -1.90. The first-order chi connectivity index (χ1) is 11.3. The molecule has 2 aromatic rings. The van der Waals surface area contributed by atoms with Crippen molar-refractivity contribution in [3.05, 3.63) is 65.0 Å². The largest absolute Gasteiger partial charge is 0.246 e. The van der Waals surface area contributed by atoms with Gasteiger partial charge in [-0.15, -0.1) is 0 Å². The molecule has 0 aliphatic carbocycles. The van der Waals surface area contributed by atoms with Crippen molar-refractivity contribution in [1.82, 2.24) is 4.72 Å². The van der Waals surface area contributed by atoms with Gasteiger partial charge in [-0.25, -0.2) is 35.1 Å². The Labute approximate surface area is 149 Å². The molecule has 2 rings (SSSR count). The van der Waals surface area contributed by atoms with E-state index in [4.69, 9.17) is 0 Å². The molecule has 25 heavy (non-hydrogen) atoms. The summed E-state index contributed by atoms with van der Waals surface area (Å²) in [6.45, 7) is 3.63. The maximum Gasteiger partial charge on any atom is 0.246 e. The summed E-state index contributed by atoms with van der Waals surface area (Å²) < 4.78 is 91.4. The molecule has 0 atom stereocenters. The van der Waals surface area contributed by atoms with Gasteiger partial charge in [0.2, 0.25) is 15.8 Å². The second kappa shape index (κ2) is 9.73. The molecule has 0 spiro atoms. The normalized spacial score (nSPS) is 10.5. The maximum absolute atomic E-state index is 13.5. The van der Waals surface area contributed by atoms with Crippen LogP contribution in [0.5, 0.6) is 0 Å². The number of sulfonamides is 1. The zero-order valence-electron chi connectivity index (χ0n) is 13.2. The van der Waals surface area contributed by atoms with Gasteiger partial charge in [-0.2, -0.15) is 13.5 Å². The van der Waals surface area contributed by atoms with E-state index in [9.17, 15) is 30.4 Å². The van der Waals surface area contributed by atoms with Gasteiger partial charge in [-0.05, 0) is 5.56 Å². The number of benzene rings is 2. The highest BCUT2D eigenvalue weighted by atomic mass is 32.2. The molecule has 0 radical (unpaired) electrons. The van der Waals surface area contributed by atoms with E-state index in [0.717, 1.165) is 0 Å². The monoisotopic (exact) mass is 401 g/mol. The van der Waals surface area contributed by atoms with Crippen LogP contribution in [0.1, 0.15) is 19.4 Å². The lowest BCUT2D eigenvalue weighted by Gasteiger charge is -2.10. The van der Waals surface area contributed by atoms with Crippen LogP contribution in [0.4, 0.5) is 22.0 Å². The van der Waals surface area contributed by atoms with Gasteiger partial charge in [0.15, 0.2) is 28.2 Å². The van der Waals surface area contributed by atoms with E-state index in [0.29, 0.717) is 5.56 Å². The summed E-state index contributed by atoms with van der Waals surface area (Å²) in [6.07, 6.45) is 0. The summed E-state index contributed by atoms with van der Waals surface area (Å²) in [6, 6.07) is 7.86. The first-order valence-corrected chi connectivity index (χ1v) is 8.29. The highest BCUT2D eigenvalue weighted by Gasteiger charge is 2.33. The summed E-state index contributed by atoms with van der Waals surface area (Å²) in [7, 11) is -4.93. The maximum atomic E-state index is 13.5. The highest BCUT2D eigenvalue weighted by molar-refractivity contribution is 7.89. The molecule has 0 saturated carbocycles. The Morgan fingerprint density at radius 1 is 0.800 bits per heavy atom. The predicted octanol–water partition coefficient (Wildman–Crippen LogP) is 4.00. The van der Waals surface area contributed by atoms with E-state index in [2.05, 4.69) is 0 Å². The van der Waals surface area contributed by atoms with Gasteiger partial charge in [0.05, 0.1) is 0 Å². The van der Waals surface area contributed by atoms with Crippen LogP contribution in [-0.2, 0) is 16.6 Å². The molecule has 0 aliphatic heterocycles. The Hall–Kier alpha value is -1.65. The first kappa shape index (κ1) is 23.4. The lowest BCUT2D eigenvalue weighted by Crippen LogP contribution is -2.26. The third-order valence-corrected chi connectivity index (χ3v) is 4.17. The molecule has 0 aliphatic rings. The van der Waals surface area contributed by atoms with Crippen molar-refractivity contribution in [3.63, 3.8) is 0 Å². The molecule has 140 valence electrons. The molecule has 0 aromatic heterocycles. The van der Waals surface area contributed by atoms with Crippen molar-refractivity contribution < 1.29 is 30.4 Å². The number of rotatable bonds is 4. The van der Waals surface area contributed by atoms with E-state index in [1.54, 1.807) is 22.9 Å². The van der Waals surface area contributed by atoms with Gasteiger partial charge in [0.25, 0.3) is 0 Å². The van der Waals surface area contributed by atoms with Gasteiger partial charge in [0, 0.05) is 6.54 Å². The van der Waals surface area contributed by atoms with Crippen molar-refractivity contribution in [3.8, 4) is 0 Å². The quantitative estimate of drug-likeness (QED) is 0.478. The minimum atomic E-state index is -4.93. The fourth-order valence-corrected chi connectivity index (χ4v) is 2.82. The molecular weight excluding hydrogens is 385 g/mol. The van der Waals surface area contributed by atoms with Crippen LogP contribution in [0.3, 0.4) is 0 Å². The lowest BCUT2D eigenvalue weighted by atomic mass is 10.2. The number of hydrogen-bond donors (Lipinski definition) is 1. The molecular formula is C15H16F5NO2S2. The van der Waals surface area contributed by atoms with Crippen LogP contribution in [0.25, 0.3) is 0 Å².